The Morgan fingerprint density at radius 2 is 1.83 bits per heavy atom. The lowest BCUT2D eigenvalue weighted by atomic mass is 10.0. The second-order valence-electron chi connectivity index (χ2n) is 6.65. The lowest BCUT2D eigenvalue weighted by Gasteiger charge is -2.30. The van der Waals surface area contributed by atoms with Gasteiger partial charge < -0.3 is 10.1 Å². The summed E-state index contributed by atoms with van der Waals surface area (Å²) in [4.78, 5) is 25.7. The van der Waals surface area contributed by atoms with Gasteiger partial charge in [0.05, 0.1) is 11.5 Å². The van der Waals surface area contributed by atoms with E-state index in [9.17, 15) is 14.9 Å². The average molecular weight is 399 g/mol. The first-order valence-electron chi connectivity index (χ1n) is 9.97. The van der Waals surface area contributed by atoms with Gasteiger partial charge in [0.1, 0.15) is 0 Å². The topological polar surface area (TPSA) is 84.7 Å². The van der Waals surface area contributed by atoms with Crippen LogP contribution >= 0.6 is 0 Å². The summed E-state index contributed by atoms with van der Waals surface area (Å²) in [5.41, 5.74) is 1.25. The molecule has 2 aromatic rings. The molecule has 0 aliphatic rings. The van der Waals surface area contributed by atoms with E-state index >= 15 is 0 Å². The highest BCUT2D eigenvalue weighted by Gasteiger charge is 2.21. The maximum Gasteiger partial charge on any atom is 0.311 e. The van der Waals surface area contributed by atoms with Crippen LogP contribution in [0.25, 0.3) is 0 Å². The molecule has 7 nitrogen and oxygen atoms in total. The van der Waals surface area contributed by atoms with Crippen LogP contribution in [0.5, 0.6) is 5.75 Å². The quantitative estimate of drug-likeness (QED) is 0.460. The number of rotatable bonds is 11. The van der Waals surface area contributed by atoms with Gasteiger partial charge in [0.15, 0.2) is 5.75 Å². The van der Waals surface area contributed by atoms with Crippen molar-refractivity contribution >= 4 is 11.6 Å². The number of nitro benzene ring substituents is 1. The van der Waals surface area contributed by atoms with Crippen molar-refractivity contribution in [2.45, 2.75) is 33.2 Å². The monoisotopic (exact) mass is 399 g/mol. The van der Waals surface area contributed by atoms with Gasteiger partial charge in [-0.3, -0.25) is 19.8 Å². The van der Waals surface area contributed by atoms with E-state index < -0.39 is 4.92 Å². The molecule has 0 heterocycles. The Morgan fingerprint density at radius 3 is 2.41 bits per heavy atom. The molecule has 0 aliphatic carbocycles. The molecular formula is C22H29N3O4. The number of hydrogen-bond donors (Lipinski definition) is 1. The molecule has 2 aromatic carbocycles. The molecule has 0 spiro atoms. The van der Waals surface area contributed by atoms with Gasteiger partial charge in [-0.1, -0.05) is 44.2 Å². The SMILES string of the molecule is CCOc1ccc(C(=O)NCC(Cc2ccccc2)N(CC)CC)cc1[N+](=O)[O-]. The number of likely N-dealkylation sites (N-methyl/N-ethyl adjacent to an activating group) is 1. The maximum absolute atomic E-state index is 12.7. The molecular weight excluding hydrogens is 370 g/mol. The van der Waals surface area contributed by atoms with Gasteiger partial charge in [0.2, 0.25) is 0 Å². The van der Waals surface area contributed by atoms with Crippen molar-refractivity contribution in [2.75, 3.05) is 26.2 Å². The van der Waals surface area contributed by atoms with Gasteiger partial charge >= 0.3 is 5.69 Å². The summed E-state index contributed by atoms with van der Waals surface area (Å²) in [6.45, 7) is 8.47. The molecule has 0 aliphatic heterocycles. The highest BCUT2D eigenvalue weighted by atomic mass is 16.6. The zero-order chi connectivity index (χ0) is 21.2. The number of ether oxygens (including phenoxy) is 1. The first-order chi connectivity index (χ1) is 14.0. The summed E-state index contributed by atoms with van der Waals surface area (Å²) in [7, 11) is 0. The standard InChI is InChI=1S/C22H29N3O4/c1-4-24(5-2)19(14-17-10-8-7-9-11-17)16-23-22(26)18-12-13-21(29-6-3)20(15-18)25(27)28/h7-13,15,19H,4-6,14,16H2,1-3H3,(H,23,26). The smallest absolute Gasteiger partial charge is 0.311 e. The molecule has 1 unspecified atom stereocenters. The van der Waals surface area contributed by atoms with Crippen LogP contribution in [0.3, 0.4) is 0 Å². The third kappa shape index (κ3) is 6.29. The van der Waals surface area contributed by atoms with E-state index in [-0.39, 0.29) is 28.9 Å². The summed E-state index contributed by atoms with van der Waals surface area (Å²) < 4.78 is 5.28. The molecule has 0 saturated carbocycles. The molecule has 1 atom stereocenters. The molecule has 1 N–H and O–H groups in total. The summed E-state index contributed by atoms with van der Waals surface area (Å²) in [6, 6.07) is 14.6. The third-order valence-electron chi connectivity index (χ3n) is 4.86. The molecule has 0 saturated heterocycles. The van der Waals surface area contributed by atoms with Gasteiger partial charge in [-0.05, 0) is 44.1 Å². The number of benzene rings is 2. The van der Waals surface area contributed by atoms with Crippen molar-refractivity contribution in [3.63, 3.8) is 0 Å². The van der Waals surface area contributed by atoms with Crippen molar-refractivity contribution in [2.24, 2.45) is 0 Å². The van der Waals surface area contributed by atoms with Gasteiger partial charge in [-0.15, -0.1) is 0 Å². The number of nitrogens with one attached hydrogen (secondary N) is 1. The second kappa shape index (κ2) is 11.2. The highest BCUT2D eigenvalue weighted by molar-refractivity contribution is 5.95. The van der Waals surface area contributed by atoms with E-state index in [0.717, 1.165) is 19.5 Å². The van der Waals surface area contributed by atoms with Crippen LogP contribution < -0.4 is 10.1 Å². The number of amides is 1. The summed E-state index contributed by atoms with van der Waals surface area (Å²) in [6.07, 6.45) is 0.812. The van der Waals surface area contributed by atoms with Crippen LogP contribution in [0.4, 0.5) is 5.69 Å². The molecule has 29 heavy (non-hydrogen) atoms. The Labute approximate surface area is 171 Å². The number of nitrogens with zero attached hydrogens (tertiary/aromatic N) is 2. The van der Waals surface area contributed by atoms with E-state index in [1.54, 1.807) is 13.0 Å². The van der Waals surface area contributed by atoms with E-state index in [4.69, 9.17) is 4.74 Å². The fourth-order valence-corrected chi connectivity index (χ4v) is 3.35. The van der Waals surface area contributed by atoms with Crippen molar-refractivity contribution in [1.82, 2.24) is 10.2 Å². The largest absolute Gasteiger partial charge is 0.487 e. The van der Waals surface area contributed by atoms with E-state index in [1.165, 1.54) is 17.7 Å². The van der Waals surface area contributed by atoms with Crippen LogP contribution in [-0.4, -0.2) is 48.0 Å². The van der Waals surface area contributed by atoms with E-state index in [2.05, 4.69) is 36.2 Å². The molecule has 0 bridgehead atoms. The predicted octanol–water partition coefficient (Wildman–Crippen LogP) is 3.68. The van der Waals surface area contributed by atoms with E-state index in [0.29, 0.717) is 13.2 Å². The Hall–Kier alpha value is -2.93. The van der Waals surface area contributed by atoms with Crippen molar-refractivity contribution in [3.8, 4) is 5.75 Å². The zero-order valence-electron chi connectivity index (χ0n) is 17.3. The Bertz CT molecular complexity index is 807. The average Bonchev–Trinajstić information content (AvgIpc) is 2.73. The molecule has 0 radical (unpaired) electrons. The van der Waals surface area contributed by atoms with E-state index in [1.807, 2.05) is 18.2 Å². The fourth-order valence-electron chi connectivity index (χ4n) is 3.35. The van der Waals surface area contributed by atoms with Crippen LogP contribution in [0, 0.1) is 10.1 Å². The minimum atomic E-state index is -0.532. The van der Waals surface area contributed by atoms with Gasteiger partial charge in [0, 0.05) is 24.2 Å². The van der Waals surface area contributed by atoms with Crippen LogP contribution in [-0.2, 0) is 6.42 Å². The second-order valence-corrected chi connectivity index (χ2v) is 6.65. The Morgan fingerprint density at radius 1 is 1.14 bits per heavy atom. The number of nitro groups is 1. The maximum atomic E-state index is 12.7. The highest BCUT2D eigenvalue weighted by Crippen LogP contribution is 2.28. The van der Waals surface area contributed by atoms with Crippen LogP contribution in [0.15, 0.2) is 48.5 Å². The lowest BCUT2D eigenvalue weighted by molar-refractivity contribution is -0.385. The molecule has 0 fully saturated rings. The van der Waals surface area contributed by atoms with Gasteiger partial charge in [-0.25, -0.2) is 0 Å². The normalized spacial score (nSPS) is 11.9. The Balaban J connectivity index is 2.12. The van der Waals surface area contributed by atoms with Crippen LogP contribution in [0.1, 0.15) is 36.7 Å². The number of carbonyl (C=O) groups is 1. The molecule has 7 heteroatoms. The summed E-state index contributed by atoms with van der Waals surface area (Å²) in [5.74, 6) is -0.166. The molecule has 156 valence electrons. The zero-order valence-corrected chi connectivity index (χ0v) is 17.3. The van der Waals surface area contributed by atoms with Crippen molar-refractivity contribution in [3.05, 3.63) is 69.8 Å². The molecule has 0 aromatic heterocycles. The first kappa shape index (κ1) is 22.4. The van der Waals surface area contributed by atoms with Gasteiger partial charge in [-0.2, -0.15) is 0 Å². The summed E-state index contributed by atoms with van der Waals surface area (Å²) >= 11 is 0. The minimum absolute atomic E-state index is 0.133. The van der Waals surface area contributed by atoms with Crippen molar-refractivity contribution < 1.29 is 14.5 Å². The Kier molecular flexibility index (Phi) is 8.61. The fraction of sp³-hybridized carbons (Fsp3) is 0.409. The van der Waals surface area contributed by atoms with Crippen molar-refractivity contribution in [1.29, 1.82) is 0 Å². The predicted molar refractivity (Wildman–Crippen MR) is 113 cm³/mol. The number of hydrogen-bond acceptors (Lipinski definition) is 5. The van der Waals surface area contributed by atoms with Crippen LogP contribution in [0.2, 0.25) is 0 Å². The minimum Gasteiger partial charge on any atom is -0.487 e. The van der Waals surface area contributed by atoms with Gasteiger partial charge in [0.25, 0.3) is 5.91 Å². The summed E-state index contributed by atoms with van der Waals surface area (Å²) in [5, 5.41) is 14.2. The first-order valence-corrected chi connectivity index (χ1v) is 9.97. The molecule has 2 rings (SSSR count). The lowest BCUT2D eigenvalue weighted by Crippen LogP contribution is -2.45. The third-order valence-corrected chi connectivity index (χ3v) is 4.86. The number of carbonyl (C=O) groups excluding carboxylic acids is 1. The molecule has 1 amide bonds.